The third-order valence-electron chi connectivity index (χ3n) is 3.97. The van der Waals surface area contributed by atoms with E-state index in [1.165, 1.54) is 0 Å². The summed E-state index contributed by atoms with van der Waals surface area (Å²) in [5.41, 5.74) is 0.951. The minimum absolute atomic E-state index is 0.178. The number of hydrogen-bond acceptors (Lipinski definition) is 4. The lowest BCUT2D eigenvalue weighted by atomic mass is 10.0. The van der Waals surface area contributed by atoms with Gasteiger partial charge in [0.2, 0.25) is 0 Å². The van der Waals surface area contributed by atoms with E-state index in [0.717, 1.165) is 11.3 Å². The molecule has 1 aliphatic rings. The van der Waals surface area contributed by atoms with Crippen molar-refractivity contribution in [1.82, 2.24) is 4.90 Å². The van der Waals surface area contributed by atoms with Crippen LogP contribution >= 0.6 is 0 Å². The van der Waals surface area contributed by atoms with Crippen molar-refractivity contribution < 1.29 is 19.1 Å². The van der Waals surface area contributed by atoms with Gasteiger partial charge in [-0.1, -0.05) is 12.1 Å². The summed E-state index contributed by atoms with van der Waals surface area (Å²) >= 11 is 0. The number of aliphatic hydroxyl groups is 1. The molecule has 0 bridgehead atoms. The Bertz CT molecular complexity index is 679. The minimum Gasteiger partial charge on any atom is -0.497 e. The fraction of sp³-hybridized carbons (Fsp3) is 0.353. The average molecular weight is 301 g/mol. The highest BCUT2D eigenvalue weighted by Crippen LogP contribution is 2.34. The molecule has 1 amide bonds. The van der Waals surface area contributed by atoms with E-state index in [1.54, 1.807) is 31.1 Å². The highest BCUT2D eigenvalue weighted by Gasteiger charge is 2.36. The molecule has 0 saturated carbocycles. The number of methoxy groups -OCH3 is 1. The summed E-state index contributed by atoms with van der Waals surface area (Å²) in [7, 11) is 1.61. The van der Waals surface area contributed by atoms with Crippen molar-refractivity contribution in [3.05, 3.63) is 53.5 Å². The topological polar surface area (TPSA) is 62.9 Å². The molecule has 2 atom stereocenters. The van der Waals surface area contributed by atoms with Crippen LogP contribution in [0.15, 0.2) is 40.8 Å². The molecule has 1 saturated heterocycles. The van der Waals surface area contributed by atoms with Gasteiger partial charge in [-0.2, -0.15) is 0 Å². The lowest BCUT2D eigenvalue weighted by molar-refractivity contribution is 0.0682. The van der Waals surface area contributed by atoms with Crippen LogP contribution in [0.4, 0.5) is 0 Å². The fourth-order valence-electron chi connectivity index (χ4n) is 2.89. The minimum atomic E-state index is -0.531. The van der Waals surface area contributed by atoms with Gasteiger partial charge in [0.15, 0.2) is 5.76 Å². The smallest absolute Gasteiger partial charge is 0.290 e. The number of carbonyl (C=O) groups excluding carboxylic acids is 1. The first-order valence-electron chi connectivity index (χ1n) is 7.28. The highest BCUT2D eigenvalue weighted by molar-refractivity contribution is 5.92. The predicted octanol–water partition coefficient (Wildman–Crippen LogP) is 2.54. The van der Waals surface area contributed by atoms with Gasteiger partial charge in [0.1, 0.15) is 11.5 Å². The molecule has 0 aliphatic carbocycles. The summed E-state index contributed by atoms with van der Waals surface area (Å²) in [6, 6.07) is 10.8. The van der Waals surface area contributed by atoms with Crippen LogP contribution in [0, 0.1) is 6.92 Å². The zero-order valence-corrected chi connectivity index (χ0v) is 12.7. The van der Waals surface area contributed by atoms with E-state index in [2.05, 4.69) is 0 Å². The Kier molecular flexibility index (Phi) is 3.90. The number of nitrogens with zero attached hydrogens (tertiary/aromatic N) is 1. The van der Waals surface area contributed by atoms with Gasteiger partial charge in [-0.3, -0.25) is 4.79 Å². The van der Waals surface area contributed by atoms with Crippen LogP contribution in [0.1, 0.15) is 34.3 Å². The second kappa shape index (κ2) is 5.85. The van der Waals surface area contributed by atoms with Crippen molar-refractivity contribution in [2.45, 2.75) is 25.5 Å². The second-order valence-corrected chi connectivity index (χ2v) is 5.55. The number of aryl methyl sites for hydroxylation is 1. The van der Waals surface area contributed by atoms with Gasteiger partial charge in [-0.15, -0.1) is 0 Å². The van der Waals surface area contributed by atoms with Crippen molar-refractivity contribution in [1.29, 1.82) is 0 Å². The van der Waals surface area contributed by atoms with Gasteiger partial charge in [-0.25, -0.2) is 0 Å². The monoisotopic (exact) mass is 301 g/mol. The van der Waals surface area contributed by atoms with Gasteiger partial charge < -0.3 is 19.2 Å². The van der Waals surface area contributed by atoms with Crippen LogP contribution in [0.3, 0.4) is 0 Å². The Hall–Kier alpha value is -2.27. The summed E-state index contributed by atoms with van der Waals surface area (Å²) in [5, 5.41) is 10.0. The Labute approximate surface area is 129 Å². The quantitative estimate of drug-likeness (QED) is 0.946. The molecular weight excluding hydrogens is 282 g/mol. The highest BCUT2D eigenvalue weighted by atomic mass is 16.5. The number of likely N-dealkylation sites (tertiary alicyclic amines) is 1. The largest absolute Gasteiger partial charge is 0.497 e. The first kappa shape index (κ1) is 14.7. The lowest BCUT2D eigenvalue weighted by Crippen LogP contribution is -2.31. The molecule has 5 heteroatoms. The Morgan fingerprint density at radius 3 is 2.86 bits per heavy atom. The summed E-state index contributed by atoms with van der Waals surface area (Å²) in [4.78, 5) is 14.3. The van der Waals surface area contributed by atoms with Crippen LogP contribution in [0.5, 0.6) is 5.75 Å². The summed E-state index contributed by atoms with van der Waals surface area (Å²) in [6.45, 7) is 2.11. The number of carbonyl (C=O) groups is 1. The van der Waals surface area contributed by atoms with Crippen molar-refractivity contribution >= 4 is 5.91 Å². The molecule has 116 valence electrons. The number of aliphatic hydroxyl groups excluding tert-OH is 1. The fourth-order valence-corrected chi connectivity index (χ4v) is 2.89. The van der Waals surface area contributed by atoms with Crippen LogP contribution in [-0.4, -0.2) is 35.7 Å². The van der Waals surface area contributed by atoms with Gasteiger partial charge in [0.05, 0.1) is 19.3 Å². The number of hydrogen-bond donors (Lipinski definition) is 1. The van der Waals surface area contributed by atoms with E-state index in [1.807, 2.05) is 24.3 Å². The first-order chi connectivity index (χ1) is 10.6. The average Bonchev–Trinajstić information content (AvgIpc) is 3.12. The van der Waals surface area contributed by atoms with Crippen molar-refractivity contribution in [2.24, 2.45) is 0 Å². The number of benzene rings is 1. The van der Waals surface area contributed by atoms with E-state index < -0.39 is 6.10 Å². The van der Waals surface area contributed by atoms with Gasteiger partial charge in [0, 0.05) is 6.54 Å². The first-order valence-corrected chi connectivity index (χ1v) is 7.28. The van der Waals surface area contributed by atoms with Gasteiger partial charge in [0.25, 0.3) is 5.91 Å². The van der Waals surface area contributed by atoms with Gasteiger partial charge >= 0.3 is 0 Å². The second-order valence-electron chi connectivity index (χ2n) is 5.55. The van der Waals surface area contributed by atoms with E-state index in [0.29, 0.717) is 24.5 Å². The maximum Gasteiger partial charge on any atom is 0.290 e. The molecule has 0 radical (unpaired) electrons. The van der Waals surface area contributed by atoms with Crippen LogP contribution < -0.4 is 4.74 Å². The van der Waals surface area contributed by atoms with E-state index in [4.69, 9.17) is 9.15 Å². The Morgan fingerprint density at radius 2 is 2.18 bits per heavy atom. The molecule has 1 N–H and O–H groups in total. The standard InChI is InChI=1S/C17H19NO4/c1-11-6-7-16(22-11)17(20)18-10-13(19)9-15(18)12-4-3-5-14(8-12)21-2/h3-8,13,15,19H,9-10H2,1-2H3/t13-,15+/m1/s1. The maximum atomic E-state index is 12.6. The van der Waals surface area contributed by atoms with E-state index in [-0.39, 0.29) is 11.9 Å². The molecule has 5 nitrogen and oxygen atoms in total. The molecule has 1 fully saturated rings. The summed E-state index contributed by atoms with van der Waals surface area (Å²) in [6.07, 6.45) is -0.0188. The molecule has 1 aromatic heterocycles. The van der Waals surface area contributed by atoms with Crippen LogP contribution in [0.2, 0.25) is 0 Å². The summed E-state index contributed by atoms with van der Waals surface area (Å²) < 4.78 is 10.7. The lowest BCUT2D eigenvalue weighted by Gasteiger charge is -2.24. The van der Waals surface area contributed by atoms with Crippen molar-refractivity contribution in [2.75, 3.05) is 13.7 Å². The SMILES string of the molecule is COc1cccc([C@@H]2C[C@@H](O)CN2C(=O)c2ccc(C)o2)c1. The third kappa shape index (κ3) is 2.72. The molecule has 1 aliphatic heterocycles. The molecular formula is C17H19NO4. The number of amides is 1. The van der Waals surface area contributed by atoms with E-state index in [9.17, 15) is 9.90 Å². The number of furan rings is 1. The molecule has 3 rings (SSSR count). The maximum absolute atomic E-state index is 12.6. The molecule has 0 unspecified atom stereocenters. The number of ether oxygens (including phenoxy) is 1. The third-order valence-corrected chi connectivity index (χ3v) is 3.97. The molecule has 2 aromatic rings. The number of β-amino-alcohol motifs (C(OH)–C–C–N with tert-alkyl or cyclic N) is 1. The Balaban J connectivity index is 1.90. The van der Waals surface area contributed by atoms with Crippen molar-refractivity contribution in [3.8, 4) is 5.75 Å². The molecule has 1 aromatic carbocycles. The van der Waals surface area contributed by atoms with E-state index >= 15 is 0 Å². The number of rotatable bonds is 3. The van der Waals surface area contributed by atoms with Crippen LogP contribution in [-0.2, 0) is 0 Å². The van der Waals surface area contributed by atoms with Gasteiger partial charge in [-0.05, 0) is 43.2 Å². The van der Waals surface area contributed by atoms with Crippen LogP contribution in [0.25, 0.3) is 0 Å². The summed E-state index contributed by atoms with van der Waals surface area (Å²) in [5.74, 6) is 1.54. The molecule has 22 heavy (non-hydrogen) atoms. The normalized spacial score (nSPS) is 21.1. The zero-order chi connectivity index (χ0) is 15.7. The Morgan fingerprint density at radius 1 is 1.36 bits per heavy atom. The molecule has 0 spiro atoms. The van der Waals surface area contributed by atoms with Crippen molar-refractivity contribution in [3.63, 3.8) is 0 Å². The molecule has 2 heterocycles. The predicted molar refractivity (Wildman–Crippen MR) is 80.8 cm³/mol. The zero-order valence-electron chi connectivity index (χ0n) is 12.7.